The van der Waals surface area contributed by atoms with Crippen molar-refractivity contribution < 1.29 is 4.79 Å². The minimum Gasteiger partial charge on any atom is -0.338 e. The SMILES string of the molecule is O=CNc1cccc(-c2nc3ccccc3[nH]2)c1. The Balaban J connectivity index is 2.08. The molecule has 0 spiro atoms. The van der Waals surface area contributed by atoms with E-state index in [1.807, 2.05) is 48.5 Å². The quantitative estimate of drug-likeness (QED) is 0.688. The Morgan fingerprint density at radius 3 is 2.83 bits per heavy atom. The third kappa shape index (κ3) is 1.84. The minimum atomic E-state index is 0.664. The van der Waals surface area contributed by atoms with Gasteiger partial charge < -0.3 is 10.3 Å². The van der Waals surface area contributed by atoms with E-state index in [0.29, 0.717) is 6.41 Å². The molecular weight excluding hydrogens is 226 g/mol. The average Bonchev–Trinajstić information content (AvgIpc) is 2.83. The Morgan fingerprint density at radius 1 is 1.11 bits per heavy atom. The number of fused-ring (bicyclic) bond motifs is 1. The highest BCUT2D eigenvalue weighted by Gasteiger charge is 2.04. The molecule has 2 aromatic carbocycles. The Bertz CT molecular complexity index is 670. The van der Waals surface area contributed by atoms with E-state index in [4.69, 9.17) is 0 Å². The van der Waals surface area contributed by atoms with Gasteiger partial charge >= 0.3 is 0 Å². The zero-order valence-electron chi connectivity index (χ0n) is 9.55. The maximum Gasteiger partial charge on any atom is 0.211 e. The van der Waals surface area contributed by atoms with Crippen LogP contribution in [0.2, 0.25) is 0 Å². The van der Waals surface area contributed by atoms with E-state index in [1.54, 1.807) is 0 Å². The number of rotatable bonds is 3. The molecule has 88 valence electrons. The molecule has 0 saturated heterocycles. The van der Waals surface area contributed by atoms with Crippen molar-refractivity contribution >= 4 is 23.1 Å². The van der Waals surface area contributed by atoms with Crippen LogP contribution in [0.25, 0.3) is 22.4 Å². The van der Waals surface area contributed by atoms with Crippen molar-refractivity contribution in [2.24, 2.45) is 0 Å². The summed E-state index contributed by atoms with van der Waals surface area (Å²) in [4.78, 5) is 18.2. The van der Waals surface area contributed by atoms with Crippen molar-refractivity contribution in [2.75, 3.05) is 5.32 Å². The molecule has 3 rings (SSSR count). The number of nitrogens with one attached hydrogen (secondary N) is 2. The number of anilines is 1. The van der Waals surface area contributed by atoms with Gasteiger partial charge in [-0.15, -0.1) is 0 Å². The average molecular weight is 237 g/mol. The molecule has 0 radical (unpaired) electrons. The molecular formula is C14H11N3O. The molecule has 1 heterocycles. The Morgan fingerprint density at radius 2 is 2.00 bits per heavy atom. The van der Waals surface area contributed by atoms with Gasteiger partial charge in [0, 0.05) is 11.3 Å². The van der Waals surface area contributed by atoms with Crippen LogP contribution in [-0.2, 0) is 4.79 Å². The van der Waals surface area contributed by atoms with Crippen molar-refractivity contribution in [3.8, 4) is 11.4 Å². The van der Waals surface area contributed by atoms with Crippen molar-refractivity contribution in [3.63, 3.8) is 0 Å². The smallest absolute Gasteiger partial charge is 0.211 e. The van der Waals surface area contributed by atoms with Crippen LogP contribution in [0.3, 0.4) is 0 Å². The molecule has 0 unspecified atom stereocenters. The van der Waals surface area contributed by atoms with Crippen molar-refractivity contribution in [1.29, 1.82) is 0 Å². The van der Waals surface area contributed by atoms with Gasteiger partial charge in [0.25, 0.3) is 0 Å². The second-order valence-corrected chi connectivity index (χ2v) is 3.95. The van der Waals surface area contributed by atoms with Crippen molar-refractivity contribution in [3.05, 3.63) is 48.5 Å². The highest BCUT2D eigenvalue weighted by molar-refractivity contribution is 5.80. The maximum absolute atomic E-state index is 10.4. The molecule has 0 aliphatic rings. The third-order valence-electron chi connectivity index (χ3n) is 2.75. The number of carbonyl (C=O) groups excluding carboxylic acids is 1. The lowest BCUT2D eigenvalue weighted by atomic mass is 10.2. The summed E-state index contributed by atoms with van der Waals surface area (Å²) in [5.41, 5.74) is 3.63. The minimum absolute atomic E-state index is 0.664. The fraction of sp³-hybridized carbons (Fsp3) is 0. The van der Waals surface area contributed by atoms with Crippen LogP contribution in [0.4, 0.5) is 5.69 Å². The summed E-state index contributed by atoms with van der Waals surface area (Å²) in [7, 11) is 0. The number of carbonyl (C=O) groups is 1. The van der Waals surface area contributed by atoms with E-state index < -0.39 is 0 Å². The number of aromatic nitrogens is 2. The van der Waals surface area contributed by atoms with Gasteiger partial charge in [-0.05, 0) is 24.3 Å². The van der Waals surface area contributed by atoms with Gasteiger partial charge in [0.1, 0.15) is 5.82 Å². The molecule has 4 nitrogen and oxygen atoms in total. The molecule has 1 amide bonds. The second-order valence-electron chi connectivity index (χ2n) is 3.95. The first-order chi connectivity index (χ1) is 8.86. The van der Waals surface area contributed by atoms with Gasteiger partial charge in [-0.25, -0.2) is 4.98 Å². The normalized spacial score (nSPS) is 10.4. The lowest BCUT2D eigenvalue weighted by molar-refractivity contribution is -0.105. The van der Waals surface area contributed by atoms with Crippen LogP contribution >= 0.6 is 0 Å². The van der Waals surface area contributed by atoms with E-state index in [0.717, 1.165) is 28.1 Å². The number of hydrogen-bond donors (Lipinski definition) is 2. The second kappa shape index (κ2) is 4.33. The standard InChI is InChI=1S/C14H11N3O/c18-9-15-11-5-3-4-10(8-11)14-16-12-6-1-2-7-13(12)17-14/h1-9H,(H,15,18)(H,16,17). The highest BCUT2D eigenvalue weighted by Crippen LogP contribution is 2.22. The molecule has 0 aliphatic heterocycles. The zero-order valence-corrected chi connectivity index (χ0v) is 9.55. The molecule has 18 heavy (non-hydrogen) atoms. The van der Waals surface area contributed by atoms with E-state index >= 15 is 0 Å². The maximum atomic E-state index is 10.4. The van der Waals surface area contributed by atoms with Crippen LogP contribution < -0.4 is 5.32 Å². The van der Waals surface area contributed by atoms with Gasteiger partial charge in [0.05, 0.1) is 11.0 Å². The van der Waals surface area contributed by atoms with Crippen LogP contribution in [0, 0.1) is 0 Å². The van der Waals surface area contributed by atoms with Crippen molar-refractivity contribution in [1.82, 2.24) is 9.97 Å². The number of hydrogen-bond acceptors (Lipinski definition) is 2. The monoisotopic (exact) mass is 237 g/mol. The van der Waals surface area contributed by atoms with Gasteiger partial charge in [-0.2, -0.15) is 0 Å². The summed E-state index contributed by atoms with van der Waals surface area (Å²) in [6.45, 7) is 0. The number of amides is 1. The fourth-order valence-electron chi connectivity index (χ4n) is 1.91. The fourth-order valence-corrected chi connectivity index (χ4v) is 1.91. The summed E-state index contributed by atoms with van der Waals surface area (Å²) < 4.78 is 0. The topological polar surface area (TPSA) is 57.8 Å². The van der Waals surface area contributed by atoms with Crippen LogP contribution in [-0.4, -0.2) is 16.4 Å². The molecule has 4 heteroatoms. The number of H-pyrrole nitrogens is 1. The van der Waals surface area contributed by atoms with Crippen LogP contribution in [0.5, 0.6) is 0 Å². The van der Waals surface area contributed by atoms with E-state index in [2.05, 4.69) is 15.3 Å². The molecule has 1 aromatic heterocycles. The first-order valence-corrected chi connectivity index (χ1v) is 5.62. The Kier molecular flexibility index (Phi) is 2.53. The Hall–Kier alpha value is -2.62. The lowest BCUT2D eigenvalue weighted by Crippen LogP contribution is -1.93. The van der Waals surface area contributed by atoms with Crippen LogP contribution in [0.15, 0.2) is 48.5 Å². The Labute approximate surface area is 104 Å². The summed E-state index contributed by atoms with van der Waals surface area (Å²) in [6.07, 6.45) is 0.664. The number of benzene rings is 2. The van der Waals surface area contributed by atoms with E-state index in [9.17, 15) is 4.79 Å². The van der Waals surface area contributed by atoms with Gasteiger partial charge in [0.15, 0.2) is 0 Å². The third-order valence-corrected chi connectivity index (χ3v) is 2.75. The zero-order chi connectivity index (χ0) is 12.4. The molecule has 0 saturated carbocycles. The van der Waals surface area contributed by atoms with Crippen molar-refractivity contribution in [2.45, 2.75) is 0 Å². The van der Waals surface area contributed by atoms with Crippen LogP contribution in [0.1, 0.15) is 0 Å². The molecule has 3 aromatic rings. The number of imidazole rings is 1. The molecule has 0 fully saturated rings. The van der Waals surface area contributed by atoms with Gasteiger partial charge in [-0.3, -0.25) is 4.79 Å². The predicted molar refractivity (Wildman–Crippen MR) is 71.2 cm³/mol. The highest BCUT2D eigenvalue weighted by atomic mass is 16.1. The molecule has 0 bridgehead atoms. The number of nitrogens with zero attached hydrogens (tertiary/aromatic N) is 1. The summed E-state index contributed by atoms with van der Waals surface area (Å²) >= 11 is 0. The number of aromatic amines is 1. The lowest BCUT2D eigenvalue weighted by Gasteiger charge is -2.00. The van der Waals surface area contributed by atoms with E-state index in [1.165, 1.54) is 0 Å². The van der Waals surface area contributed by atoms with Gasteiger partial charge in [0.2, 0.25) is 6.41 Å². The first-order valence-electron chi connectivity index (χ1n) is 5.62. The number of para-hydroxylation sites is 2. The first kappa shape index (κ1) is 10.5. The van der Waals surface area contributed by atoms with Gasteiger partial charge in [-0.1, -0.05) is 24.3 Å². The predicted octanol–water partition coefficient (Wildman–Crippen LogP) is 2.80. The largest absolute Gasteiger partial charge is 0.338 e. The summed E-state index contributed by atoms with van der Waals surface area (Å²) in [6, 6.07) is 15.4. The molecule has 0 aliphatic carbocycles. The summed E-state index contributed by atoms with van der Waals surface area (Å²) in [5.74, 6) is 0.797. The van der Waals surface area contributed by atoms with E-state index in [-0.39, 0.29) is 0 Å². The molecule has 2 N–H and O–H groups in total. The molecule has 0 atom stereocenters. The summed E-state index contributed by atoms with van der Waals surface area (Å²) in [5, 5.41) is 2.63.